The molecule has 0 saturated carbocycles. The van der Waals surface area contributed by atoms with Crippen LogP contribution in [-0.4, -0.2) is 16.2 Å². The van der Waals surface area contributed by atoms with Crippen LogP contribution in [0.1, 0.15) is 17.3 Å². The lowest BCUT2D eigenvalue weighted by Gasteiger charge is -2.15. The molecule has 0 radical (unpaired) electrons. The highest BCUT2D eigenvalue weighted by Gasteiger charge is 2.18. The number of hydrogen-bond donors (Lipinski definition) is 3. The lowest BCUT2D eigenvalue weighted by atomic mass is 9.92. The summed E-state index contributed by atoms with van der Waals surface area (Å²) >= 11 is 0. The van der Waals surface area contributed by atoms with Crippen molar-refractivity contribution < 1.29 is 0 Å². The summed E-state index contributed by atoms with van der Waals surface area (Å²) in [6, 6.07) is 8.01. The Bertz CT molecular complexity index is 469. The van der Waals surface area contributed by atoms with Gasteiger partial charge in [0, 0.05) is 30.0 Å². The molecule has 0 aliphatic carbocycles. The van der Waals surface area contributed by atoms with Crippen LogP contribution in [0.15, 0.2) is 61.0 Å². The van der Waals surface area contributed by atoms with E-state index < -0.39 is 0 Å². The van der Waals surface area contributed by atoms with Gasteiger partial charge in [0.2, 0.25) is 0 Å². The lowest BCUT2D eigenvalue weighted by Crippen LogP contribution is -2.04. The van der Waals surface area contributed by atoms with E-state index in [-0.39, 0.29) is 5.92 Å². The molecule has 3 N–H and O–H groups in total. The molecule has 2 aromatic rings. The van der Waals surface area contributed by atoms with Gasteiger partial charge < -0.3 is 15.4 Å². The molecule has 0 aliphatic rings. The Labute approximate surface area is 100 Å². The van der Waals surface area contributed by atoms with Crippen molar-refractivity contribution in [2.24, 2.45) is 0 Å². The minimum absolute atomic E-state index is 0.0686. The van der Waals surface area contributed by atoms with Gasteiger partial charge in [-0.1, -0.05) is 12.7 Å². The number of aromatic amines is 2. The van der Waals surface area contributed by atoms with Gasteiger partial charge in [0.1, 0.15) is 0 Å². The summed E-state index contributed by atoms with van der Waals surface area (Å²) in [4.78, 5) is 6.43. The minimum atomic E-state index is 0.0686. The summed E-state index contributed by atoms with van der Waals surface area (Å²) in [5.41, 5.74) is 3.16. The van der Waals surface area contributed by atoms with E-state index >= 15 is 0 Å². The molecule has 0 fully saturated rings. The standard InChI is InChI=1S/C14H15N3/c1-2-11(7-8-15)14(12-5-3-9-16-12)13-6-4-10-17-13/h2-10,14-17H,1H2/b11-7+,15-8?. The molecule has 17 heavy (non-hydrogen) atoms. The summed E-state index contributed by atoms with van der Waals surface area (Å²) in [5.74, 6) is 0.0686. The zero-order valence-electron chi connectivity index (χ0n) is 9.48. The number of hydrogen-bond acceptors (Lipinski definition) is 1. The van der Waals surface area contributed by atoms with E-state index in [1.807, 2.05) is 36.7 Å². The van der Waals surface area contributed by atoms with Crippen molar-refractivity contribution in [1.29, 1.82) is 5.41 Å². The van der Waals surface area contributed by atoms with E-state index in [0.29, 0.717) is 0 Å². The average Bonchev–Trinajstić information content (AvgIpc) is 3.01. The van der Waals surface area contributed by atoms with Gasteiger partial charge >= 0.3 is 0 Å². The van der Waals surface area contributed by atoms with Crippen molar-refractivity contribution in [2.45, 2.75) is 5.92 Å². The predicted molar refractivity (Wildman–Crippen MR) is 70.5 cm³/mol. The van der Waals surface area contributed by atoms with E-state index in [2.05, 4.69) is 16.5 Å². The van der Waals surface area contributed by atoms with Crippen molar-refractivity contribution in [3.05, 3.63) is 72.4 Å². The second kappa shape index (κ2) is 5.16. The quantitative estimate of drug-likeness (QED) is 0.517. The van der Waals surface area contributed by atoms with E-state index in [1.165, 1.54) is 6.21 Å². The first kappa shape index (κ1) is 11.2. The van der Waals surface area contributed by atoms with Crippen molar-refractivity contribution in [3.8, 4) is 0 Å². The second-order valence-electron chi connectivity index (χ2n) is 3.72. The second-order valence-corrected chi connectivity index (χ2v) is 3.72. The fourth-order valence-corrected chi connectivity index (χ4v) is 1.95. The fraction of sp³-hybridized carbons (Fsp3) is 0.0714. The highest BCUT2D eigenvalue weighted by molar-refractivity contribution is 5.71. The van der Waals surface area contributed by atoms with Crippen LogP contribution in [-0.2, 0) is 0 Å². The highest BCUT2D eigenvalue weighted by atomic mass is 14.7. The topological polar surface area (TPSA) is 55.4 Å². The normalized spacial score (nSPS) is 11.7. The van der Waals surface area contributed by atoms with Crippen molar-refractivity contribution in [2.75, 3.05) is 0 Å². The number of aromatic nitrogens is 2. The molecular formula is C14H15N3. The van der Waals surface area contributed by atoms with E-state index in [1.54, 1.807) is 12.2 Å². The Hall–Kier alpha value is -2.29. The van der Waals surface area contributed by atoms with Crippen LogP contribution < -0.4 is 0 Å². The zero-order chi connectivity index (χ0) is 12.1. The van der Waals surface area contributed by atoms with Crippen LogP contribution in [0.25, 0.3) is 0 Å². The Morgan fingerprint density at radius 3 is 2.12 bits per heavy atom. The molecule has 0 spiro atoms. The monoisotopic (exact) mass is 225 g/mol. The predicted octanol–water partition coefficient (Wildman–Crippen LogP) is 3.24. The largest absolute Gasteiger partial charge is 0.364 e. The third-order valence-corrected chi connectivity index (χ3v) is 2.71. The molecule has 2 rings (SSSR count). The van der Waals surface area contributed by atoms with Crippen LogP contribution >= 0.6 is 0 Å². The summed E-state index contributed by atoms with van der Waals surface area (Å²) in [6.45, 7) is 3.82. The number of allylic oxidation sites excluding steroid dienone is 3. The first-order chi connectivity index (χ1) is 8.36. The van der Waals surface area contributed by atoms with Crippen molar-refractivity contribution in [1.82, 2.24) is 9.97 Å². The number of nitrogens with one attached hydrogen (secondary N) is 3. The van der Waals surface area contributed by atoms with Gasteiger partial charge in [0.25, 0.3) is 0 Å². The zero-order valence-corrected chi connectivity index (χ0v) is 9.48. The van der Waals surface area contributed by atoms with E-state index in [9.17, 15) is 0 Å². The average molecular weight is 225 g/mol. The van der Waals surface area contributed by atoms with E-state index in [0.717, 1.165) is 17.0 Å². The van der Waals surface area contributed by atoms with Gasteiger partial charge in [0.15, 0.2) is 0 Å². The first-order valence-corrected chi connectivity index (χ1v) is 5.46. The van der Waals surface area contributed by atoms with Gasteiger partial charge in [-0.15, -0.1) is 0 Å². The molecule has 0 saturated heterocycles. The Morgan fingerprint density at radius 1 is 1.18 bits per heavy atom. The van der Waals surface area contributed by atoms with Gasteiger partial charge in [-0.05, 0) is 35.9 Å². The van der Waals surface area contributed by atoms with Crippen LogP contribution in [0.4, 0.5) is 0 Å². The summed E-state index contributed by atoms with van der Waals surface area (Å²) < 4.78 is 0. The molecule has 0 unspecified atom stereocenters. The molecule has 2 heterocycles. The number of H-pyrrole nitrogens is 2. The summed E-state index contributed by atoms with van der Waals surface area (Å²) in [7, 11) is 0. The SMILES string of the molecule is C=C/C(=C\C=N)C(c1ccc[nH]1)c1ccc[nH]1. The maximum Gasteiger partial charge on any atom is 0.0641 e. The molecule has 86 valence electrons. The Balaban J connectivity index is 2.48. The van der Waals surface area contributed by atoms with Crippen molar-refractivity contribution in [3.63, 3.8) is 0 Å². The maximum absolute atomic E-state index is 7.21. The molecule has 0 bridgehead atoms. The minimum Gasteiger partial charge on any atom is -0.364 e. The van der Waals surface area contributed by atoms with Gasteiger partial charge in [-0.3, -0.25) is 0 Å². The van der Waals surface area contributed by atoms with Gasteiger partial charge in [-0.25, -0.2) is 0 Å². The Morgan fingerprint density at radius 2 is 1.76 bits per heavy atom. The van der Waals surface area contributed by atoms with Crippen LogP contribution in [0.2, 0.25) is 0 Å². The molecule has 0 atom stereocenters. The maximum atomic E-state index is 7.21. The van der Waals surface area contributed by atoms with Gasteiger partial charge in [0.05, 0.1) is 5.92 Å². The third-order valence-electron chi connectivity index (χ3n) is 2.71. The first-order valence-electron chi connectivity index (χ1n) is 5.46. The molecule has 3 nitrogen and oxygen atoms in total. The van der Waals surface area contributed by atoms with E-state index in [4.69, 9.17) is 5.41 Å². The van der Waals surface area contributed by atoms with Crippen LogP contribution in [0.5, 0.6) is 0 Å². The molecule has 2 aromatic heterocycles. The summed E-state index contributed by atoms with van der Waals surface area (Å²) in [5, 5.41) is 7.21. The van der Waals surface area contributed by atoms with Crippen LogP contribution in [0.3, 0.4) is 0 Å². The molecule has 0 amide bonds. The summed E-state index contributed by atoms with van der Waals surface area (Å²) in [6.07, 6.45) is 8.64. The molecule has 3 heteroatoms. The Kier molecular flexibility index (Phi) is 3.40. The van der Waals surface area contributed by atoms with Crippen molar-refractivity contribution >= 4 is 6.21 Å². The highest BCUT2D eigenvalue weighted by Crippen LogP contribution is 2.29. The third kappa shape index (κ3) is 2.28. The molecular weight excluding hydrogens is 210 g/mol. The van der Waals surface area contributed by atoms with Crippen LogP contribution in [0, 0.1) is 5.41 Å². The molecule has 0 aromatic carbocycles. The lowest BCUT2D eigenvalue weighted by molar-refractivity contribution is 0.899. The smallest absolute Gasteiger partial charge is 0.0641 e. The fourth-order valence-electron chi connectivity index (χ4n) is 1.95. The molecule has 0 aliphatic heterocycles. The van der Waals surface area contributed by atoms with Gasteiger partial charge in [-0.2, -0.15) is 0 Å². The number of rotatable bonds is 5.